The Morgan fingerprint density at radius 2 is 1.93 bits per heavy atom. The number of furan rings is 1. The molecule has 1 aromatic carbocycles. The number of benzene rings is 1. The SMILES string of the molecule is Cc1ccc(-c2nn(-c3ccccc3)cc2C(=O)NCCN2CCOCC2)o1. The third-order valence-electron chi connectivity index (χ3n) is 4.77. The maximum atomic E-state index is 12.9. The highest BCUT2D eigenvalue weighted by molar-refractivity contribution is 5.99. The molecule has 0 aliphatic carbocycles. The zero-order valence-corrected chi connectivity index (χ0v) is 15.9. The van der Waals surface area contributed by atoms with Gasteiger partial charge in [-0.3, -0.25) is 9.69 Å². The Morgan fingerprint density at radius 1 is 1.14 bits per heavy atom. The summed E-state index contributed by atoms with van der Waals surface area (Å²) in [6, 6.07) is 13.4. The maximum absolute atomic E-state index is 12.9. The van der Waals surface area contributed by atoms with E-state index in [9.17, 15) is 4.79 Å². The van der Waals surface area contributed by atoms with Crippen molar-refractivity contribution in [3.05, 3.63) is 60.0 Å². The zero-order chi connectivity index (χ0) is 19.3. The Labute approximate surface area is 163 Å². The summed E-state index contributed by atoms with van der Waals surface area (Å²) in [5.41, 5.74) is 1.93. The maximum Gasteiger partial charge on any atom is 0.255 e. The van der Waals surface area contributed by atoms with E-state index in [0.717, 1.165) is 44.3 Å². The standard InChI is InChI=1S/C21H24N4O3/c1-16-7-8-19(28-16)20-18(15-25(23-20)17-5-3-2-4-6-17)21(26)22-9-10-24-11-13-27-14-12-24/h2-8,15H,9-14H2,1H3,(H,22,26). The number of nitrogens with zero attached hydrogens (tertiary/aromatic N) is 3. The van der Waals surface area contributed by atoms with Crippen molar-refractivity contribution in [1.82, 2.24) is 20.0 Å². The Balaban J connectivity index is 1.53. The van der Waals surface area contributed by atoms with E-state index >= 15 is 0 Å². The molecule has 3 aromatic rings. The molecule has 0 saturated carbocycles. The molecule has 1 saturated heterocycles. The number of hydrogen-bond donors (Lipinski definition) is 1. The highest BCUT2D eigenvalue weighted by Gasteiger charge is 2.21. The molecule has 1 aliphatic rings. The van der Waals surface area contributed by atoms with Gasteiger partial charge in [-0.15, -0.1) is 0 Å². The number of nitrogens with one attached hydrogen (secondary N) is 1. The van der Waals surface area contributed by atoms with Crippen LogP contribution in [0.4, 0.5) is 0 Å². The molecular weight excluding hydrogens is 356 g/mol. The van der Waals surface area contributed by atoms with Crippen LogP contribution in [0.25, 0.3) is 17.1 Å². The molecule has 7 nitrogen and oxygen atoms in total. The molecule has 0 radical (unpaired) electrons. The van der Waals surface area contributed by atoms with Gasteiger partial charge in [0.15, 0.2) is 5.76 Å². The molecule has 0 bridgehead atoms. The molecule has 0 atom stereocenters. The van der Waals surface area contributed by atoms with E-state index in [2.05, 4.69) is 15.3 Å². The number of ether oxygens (including phenoxy) is 1. The van der Waals surface area contributed by atoms with Crippen molar-refractivity contribution < 1.29 is 13.9 Å². The van der Waals surface area contributed by atoms with Crippen LogP contribution in [-0.2, 0) is 4.74 Å². The number of para-hydroxylation sites is 1. The summed E-state index contributed by atoms with van der Waals surface area (Å²) in [4.78, 5) is 15.2. The van der Waals surface area contributed by atoms with Crippen LogP contribution in [0.2, 0.25) is 0 Å². The van der Waals surface area contributed by atoms with Crippen LogP contribution in [-0.4, -0.2) is 60.0 Å². The number of carbonyl (C=O) groups is 1. The van der Waals surface area contributed by atoms with Crippen molar-refractivity contribution in [2.45, 2.75) is 6.92 Å². The number of aromatic nitrogens is 2. The summed E-state index contributed by atoms with van der Waals surface area (Å²) < 4.78 is 12.8. The number of rotatable bonds is 6. The summed E-state index contributed by atoms with van der Waals surface area (Å²) in [7, 11) is 0. The Hall–Kier alpha value is -2.90. The molecule has 1 fully saturated rings. The third kappa shape index (κ3) is 4.16. The second-order valence-corrected chi connectivity index (χ2v) is 6.79. The summed E-state index contributed by atoms with van der Waals surface area (Å²) in [6.07, 6.45) is 1.76. The molecule has 1 N–H and O–H groups in total. The first-order chi connectivity index (χ1) is 13.7. The van der Waals surface area contributed by atoms with Crippen LogP contribution in [0.5, 0.6) is 0 Å². The van der Waals surface area contributed by atoms with Crippen LogP contribution < -0.4 is 5.32 Å². The predicted octanol–water partition coefficient (Wildman–Crippen LogP) is 2.50. The van der Waals surface area contributed by atoms with Crippen molar-refractivity contribution in [1.29, 1.82) is 0 Å². The first-order valence-corrected chi connectivity index (χ1v) is 9.51. The molecule has 4 rings (SSSR count). The molecule has 1 amide bonds. The average molecular weight is 380 g/mol. The smallest absolute Gasteiger partial charge is 0.255 e. The number of carbonyl (C=O) groups excluding carboxylic acids is 1. The normalized spacial score (nSPS) is 14.9. The molecule has 28 heavy (non-hydrogen) atoms. The lowest BCUT2D eigenvalue weighted by molar-refractivity contribution is 0.0383. The van der Waals surface area contributed by atoms with Crippen LogP contribution >= 0.6 is 0 Å². The van der Waals surface area contributed by atoms with Crippen molar-refractivity contribution in [3.8, 4) is 17.1 Å². The summed E-state index contributed by atoms with van der Waals surface area (Å²) in [5.74, 6) is 1.22. The molecule has 7 heteroatoms. The minimum absolute atomic E-state index is 0.153. The first-order valence-electron chi connectivity index (χ1n) is 9.51. The molecule has 2 aromatic heterocycles. The largest absolute Gasteiger partial charge is 0.460 e. The second kappa shape index (κ2) is 8.41. The van der Waals surface area contributed by atoms with Gasteiger partial charge in [0.2, 0.25) is 0 Å². The molecule has 0 spiro atoms. The monoisotopic (exact) mass is 380 g/mol. The van der Waals surface area contributed by atoms with Crippen molar-refractivity contribution in [3.63, 3.8) is 0 Å². The van der Waals surface area contributed by atoms with E-state index in [1.807, 2.05) is 49.4 Å². The Morgan fingerprint density at radius 3 is 2.64 bits per heavy atom. The van der Waals surface area contributed by atoms with Gasteiger partial charge in [-0.05, 0) is 31.2 Å². The summed E-state index contributed by atoms with van der Waals surface area (Å²) in [5, 5.41) is 7.63. The van der Waals surface area contributed by atoms with Gasteiger partial charge in [-0.2, -0.15) is 5.10 Å². The molecular formula is C21H24N4O3. The molecule has 1 aliphatic heterocycles. The number of morpholine rings is 1. The van der Waals surface area contributed by atoms with Gasteiger partial charge in [0.1, 0.15) is 11.5 Å². The van der Waals surface area contributed by atoms with Gasteiger partial charge in [-0.1, -0.05) is 18.2 Å². The predicted molar refractivity (Wildman–Crippen MR) is 106 cm³/mol. The van der Waals surface area contributed by atoms with Crippen molar-refractivity contribution in [2.75, 3.05) is 39.4 Å². The lowest BCUT2D eigenvalue weighted by atomic mass is 10.2. The van der Waals surface area contributed by atoms with Crippen molar-refractivity contribution in [2.24, 2.45) is 0 Å². The fourth-order valence-electron chi connectivity index (χ4n) is 3.24. The third-order valence-corrected chi connectivity index (χ3v) is 4.77. The average Bonchev–Trinajstić information content (AvgIpc) is 3.36. The fourth-order valence-corrected chi connectivity index (χ4v) is 3.24. The van der Waals surface area contributed by atoms with Crippen molar-refractivity contribution >= 4 is 5.91 Å². The number of hydrogen-bond acceptors (Lipinski definition) is 5. The van der Waals surface area contributed by atoms with Gasteiger partial charge in [0, 0.05) is 32.4 Å². The second-order valence-electron chi connectivity index (χ2n) is 6.79. The Kier molecular flexibility index (Phi) is 5.55. The van der Waals surface area contributed by atoms with E-state index in [0.29, 0.717) is 23.6 Å². The highest BCUT2D eigenvalue weighted by atomic mass is 16.5. The molecule has 3 heterocycles. The van der Waals surface area contributed by atoms with Crippen LogP contribution in [0, 0.1) is 6.92 Å². The zero-order valence-electron chi connectivity index (χ0n) is 15.9. The first kappa shape index (κ1) is 18.5. The fraction of sp³-hybridized carbons (Fsp3) is 0.333. The van der Waals surface area contributed by atoms with Crippen LogP contribution in [0.15, 0.2) is 53.1 Å². The van der Waals surface area contributed by atoms with E-state index in [1.165, 1.54) is 0 Å². The highest BCUT2D eigenvalue weighted by Crippen LogP contribution is 2.25. The van der Waals surface area contributed by atoms with Gasteiger partial charge in [-0.25, -0.2) is 4.68 Å². The minimum atomic E-state index is -0.153. The lowest BCUT2D eigenvalue weighted by Crippen LogP contribution is -2.41. The lowest BCUT2D eigenvalue weighted by Gasteiger charge is -2.26. The van der Waals surface area contributed by atoms with E-state index < -0.39 is 0 Å². The topological polar surface area (TPSA) is 72.5 Å². The van der Waals surface area contributed by atoms with E-state index in [4.69, 9.17) is 9.15 Å². The van der Waals surface area contributed by atoms with Gasteiger partial charge >= 0.3 is 0 Å². The summed E-state index contributed by atoms with van der Waals surface area (Å²) >= 11 is 0. The summed E-state index contributed by atoms with van der Waals surface area (Å²) in [6.45, 7) is 6.56. The molecule has 146 valence electrons. The minimum Gasteiger partial charge on any atom is -0.460 e. The van der Waals surface area contributed by atoms with E-state index in [-0.39, 0.29) is 5.91 Å². The quantitative estimate of drug-likeness (QED) is 0.711. The van der Waals surface area contributed by atoms with Gasteiger partial charge in [0.25, 0.3) is 5.91 Å². The van der Waals surface area contributed by atoms with Crippen LogP contribution in [0.3, 0.4) is 0 Å². The Bertz CT molecular complexity index is 926. The van der Waals surface area contributed by atoms with Gasteiger partial charge < -0.3 is 14.5 Å². The van der Waals surface area contributed by atoms with Gasteiger partial charge in [0.05, 0.1) is 24.5 Å². The van der Waals surface area contributed by atoms with Crippen LogP contribution in [0.1, 0.15) is 16.1 Å². The number of aryl methyl sites for hydroxylation is 1. The number of amides is 1. The molecule has 0 unspecified atom stereocenters. The van der Waals surface area contributed by atoms with E-state index in [1.54, 1.807) is 10.9 Å².